The van der Waals surface area contributed by atoms with Crippen molar-refractivity contribution in [1.29, 1.82) is 0 Å². The first-order chi connectivity index (χ1) is 13.4. The highest BCUT2D eigenvalue weighted by Crippen LogP contribution is 2.28. The SMILES string of the molecule is CN(c1ccc(F)cc1)c1nnc(N(C)c2cccc(NC(=O)CO)c2)n1C. The molecule has 0 spiro atoms. The summed E-state index contributed by atoms with van der Waals surface area (Å²) in [6, 6.07) is 13.3. The van der Waals surface area contributed by atoms with Crippen LogP contribution in [0.2, 0.25) is 0 Å². The van der Waals surface area contributed by atoms with Crippen LogP contribution < -0.4 is 15.1 Å². The van der Waals surface area contributed by atoms with E-state index in [1.165, 1.54) is 12.1 Å². The molecule has 1 aromatic heterocycles. The predicted molar refractivity (Wildman–Crippen MR) is 106 cm³/mol. The summed E-state index contributed by atoms with van der Waals surface area (Å²) in [5, 5.41) is 20.0. The molecule has 1 amide bonds. The number of aliphatic hydroxyl groups is 1. The molecule has 0 aliphatic heterocycles. The monoisotopic (exact) mass is 384 g/mol. The van der Waals surface area contributed by atoms with Gasteiger partial charge in [0.25, 0.3) is 0 Å². The Morgan fingerprint density at radius 3 is 2.29 bits per heavy atom. The number of carbonyl (C=O) groups is 1. The van der Waals surface area contributed by atoms with Gasteiger partial charge in [0.05, 0.1) is 0 Å². The Kier molecular flexibility index (Phi) is 5.55. The number of rotatable bonds is 6. The van der Waals surface area contributed by atoms with E-state index in [2.05, 4.69) is 15.5 Å². The van der Waals surface area contributed by atoms with E-state index < -0.39 is 12.5 Å². The molecule has 0 unspecified atom stereocenters. The van der Waals surface area contributed by atoms with Crippen LogP contribution in [0.5, 0.6) is 0 Å². The Hall–Kier alpha value is -3.46. The lowest BCUT2D eigenvalue weighted by atomic mass is 10.2. The summed E-state index contributed by atoms with van der Waals surface area (Å²) >= 11 is 0. The molecule has 3 aromatic rings. The normalized spacial score (nSPS) is 10.6. The summed E-state index contributed by atoms with van der Waals surface area (Å²) in [6.45, 7) is -0.581. The van der Waals surface area contributed by atoms with Crippen LogP contribution in [0.4, 0.5) is 33.3 Å². The fraction of sp³-hybridized carbons (Fsp3) is 0.211. The molecular weight excluding hydrogens is 363 g/mol. The third kappa shape index (κ3) is 3.94. The number of anilines is 5. The van der Waals surface area contributed by atoms with Crippen molar-refractivity contribution in [3.63, 3.8) is 0 Å². The van der Waals surface area contributed by atoms with E-state index in [9.17, 15) is 9.18 Å². The van der Waals surface area contributed by atoms with Gasteiger partial charge in [0.1, 0.15) is 12.4 Å². The fourth-order valence-electron chi connectivity index (χ4n) is 2.79. The Labute approximate surface area is 161 Å². The Balaban J connectivity index is 1.86. The highest BCUT2D eigenvalue weighted by atomic mass is 19.1. The third-order valence-corrected chi connectivity index (χ3v) is 4.30. The number of amides is 1. The van der Waals surface area contributed by atoms with E-state index in [4.69, 9.17) is 5.11 Å². The van der Waals surface area contributed by atoms with Gasteiger partial charge in [-0.3, -0.25) is 9.36 Å². The standard InChI is InChI=1S/C19H21FN6O2/c1-24(15-9-7-13(20)8-10-15)18-22-23-19(26(18)3)25(2)16-6-4-5-14(11-16)21-17(28)12-27/h4-11,27H,12H2,1-3H3,(H,21,28). The average Bonchev–Trinajstić information content (AvgIpc) is 3.08. The number of nitrogens with zero attached hydrogens (tertiary/aromatic N) is 5. The number of carbonyl (C=O) groups excluding carboxylic acids is 1. The first-order valence-corrected chi connectivity index (χ1v) is 8.54. The molecule has 146 valence electrons. The van der Waals surface area contributed by atoms with Gasteiger partial charge in [0, 0.05) is 38.2 Å². The van der Waals surface area contributed by atoms with E-state index in [0.717, 1.165) is 11.4 Å². The van der Waals surface area contributed by atoms with Gasteiger partial charge in [-0.1, -0.05) is 6.07 Å². The van der Waals surface area contributed by atoms with Gasteiger partial charge in [-0.25, -0.2) is 4.39 Å². The minimum Gasteiger partial charge on any atom is -0.387 e. The van der Waals surface area contributed by atoms with Crippen molar-refractivity contribution in [1.82, 2.24) is 14.8 Å². The van der Waals surface area contributed by atoms with Gasteiger partial charge in [-0.05, 0) is 42.5 Å². The van der Waals surface area contributed by atoms with E-state index in [1.807, 2.05) is 41.6 Å². The van der Waals surface area contributed by atoms with Crippen molar-refractivity contribution in [2.45, 2.75) is 0 Å². The highest BCUT2D eigenvalue weighted by Gasteiger charge is 2.18. The van der Waals surface area contributed by atoms with Crippen LogP contribution in [-0.4, -0.2) is 46.5 Å². The largest absolute Gasteiger partial charge is 0.387 e. The number of aliphatic hydroxyl groups excluding tert-OH is 1. The Bertz CT molecular complexity index is 973. The lowest BCUT2D eigenvalue weighted by molar-refractivity contribution is -0.118. The molecule has 0 aliphatic rings. The number of hydrogen-bond acceptors (Lipinski definition) is 6. The van der Waals surface area contributed by atoms with E-state index in [-0.39, 0.29) is 5.82 Å². The first kappa shape index (κ1) is 19.3. The molecular formula is C19H21FN6O2. The van der Waals surface area contributed by atoms with Gasteiger partial charge < -0.3 is 20.2 Å². The molecule has 0 bridgehead atoms. The number of nitrogens with one attached hydrogen (secondary N) is 1. The molecule has 8 nitrogen and oxygen atoms in total. The molecule has 0 fully saturated rings. The summed E-state index contributed by atoms with van der Waals surface area (Å²) in [5.74, 6) is 0.373. The second kappa shape index (κ2) is 8.05. The van der Waals surface area contributed by atoms with Crippen LogP contribution in [0.1, 0.15) is 0 Å². The summed E-state index contributed by atoms with van der Waals surface area (Å²) in [4.78, 5) is 15.0. The molecule has 9 heteroatoms. The summed E-state index contributed by atoms with van der Waals surface area (Å²) in [7, 11) is 5.49. The van der Waals surface area contributed by atoms with E-state index in [0.29, 0.717) is 17.6 Å². The molecule has 0 saturated carbocycles. The molecule has 0 atom stereocenters. The highest BCUT2D eigenvalue weighted by molar-refractivity contribution is 5.92. The van der Waals surface area contributed by atoms with Gasteiger partial charge in [0.2, 0.25) is 17.8 Å². The van der Waals surface area contributed by atoms with Crippen LogP contribution in [0.3, 0.4) is 0 Å². The second-order valence-corrected chi connectivity index (χ2v) is 6.21. The molecule has 2 N–H and O–H groups in total. The predicted octanol–water partition coefficient (Wildman–Crippen LogP) is 2.42. The number of benzene rings is 2. The van der Waals surface area contributed by atoms with Gasteiger partial charge >= 0.3 is 0 Å². The second-order valence-electron chi connectivity index (χ2n) is 6.21. The van der Waals surface area contributed by atoms with Gasteiger partial charge in [-0.2, -0.15) is 0 Å². The molecule has 0 radical (unpaired) electrons. The zero-order valence-corrected chi connectivity index (χ0v) is 15.8. The van der Waals surface area contributed by atoms with Gasteiger partial charge in [-0.15, -0.1) is 10.2 Å². The maximum absolute atomic E-state index is 13.2. The van der Waals surface area contributed by atoms with Crippen LogP contribution in [0, 0.1) is 5.82 Å². The smallest absolute Gasteiger partial charge is 0.250 e. The van der Waals surface area contributed by atoms with E-state index in [1.54, 1.807) is 30.3 Å². The maximum atomic E-state index is 13.2. The van der Waals surface area contributed by atoms with Crippen molar-refractivity contribution >= 4 is 34.9 Å². The third-order valence-electron chi connectivity index (χ3n) is 4.30. The maximum Gasteiger partial charge on any atom is 0.250 e. The topological polar surface area (TPSA) is 86.5 Å². The lowest BCUT2D eigenvalue weighted by Gasteiger charge is -2.21. The number of hydrogen-bond donors (Lipinski definition) is 2. The number of aromatic nitrogens is 3. The van der Waals surface area contributed by atoms with Crippen molar-refractivity contribution in [2.75, 3.05) is 35.8 Å². The zero-order chi connectivity index (χ0) is 20.3. The van der Waals surface area contributed by atoms with Crippen LogP contribution in [0.25, 0.3) is 0 Å². The summed E-state index contributed by atoms with van der Waals surface area (Å²) < 4.78 is 15.0. The van der Waals surface area contributed by atoms with Crippen LogP contribution in [0.15, 0.2) is 48.5 Å². The van der Waals surface area contributed by atoms with Gasteiger partial charge in [0.15, 0.2) is 0 Å². The lowest BCUT2D eigenvalue weighted by Crippen LogP contribution is -2.18. The molecule has 28 heavy (non-hydrogen) atoms. The molecule has 2 aromatic carbocycles. The minimum absolute atomic E-state index is 0.302. The average molecular weight is 384 g/mol. The molecule has 0 saturated heterocycles. The molecule has 3 rings (SSSR count). The zero-order valence-electron chi connectivity index (χ0n) is 15.8. The summed E-state index contributed by atoms with van der Waals surface area (Å²) in [5.41, 5.74) is 2.12. The molecule has 0 aliphatic carbocycles. The van der Waals surface area contributed by atoms with E-state index >= 15 is 0 Å². The minimum atomic E-state index is -0.581. The summed E-state index contributed by atoms with van der Waals surface area (Å²) in [6.07, 6.45) is 0. The van der Waals surface area contributed by atoms with Crippen molar-refractivity contribution in [2.24, 2.45) is 7.05 Å². The number of halogens is 1. The Morgan fingerprint density at radius 2 is 1.68 bits per heavy atom. The first-order valence-electron chi connectivity index (χ1n) is 8.54. The van der Waals surface area contributed by atoms with Crippen molar-refractivity contribution in [3.05, 3.63) is 54.3 Å². The molecule has 1 heterocycles. The Morgan fingerprint density at radius 1 is 1.07 bits per heavy atom. The van der Waals surface area contributed by atoms with Crippen molar-refractivity contribution < 1.29 is 14.3 Å². The van der Waals surface area contributed by atoms with Crippen LogP contribution in [-0.2, 0) is 11.8 Å². The fourth-order valence-corrected chi connectivity index (χ4v) is 2.79. The van der Waals surface area contributed by atoms with Crippen LogP contribution >= 0.6 is 0 Å². The quantitative estimate of drug-likeness (QED) is 0.679. The van der Waals surface area contributed by atoms with Crippen molar-refractivity contribution in [3.8, 4) is 0 Å².